The van der Waals surface area contributed by atoms with Gasteiger partial charge < -0.3 is 10.3 Å². The average Bonchev–Trinajstić information content (AvgIpc) is 2.76. The van der Waals surface area contributed by atoms with Gasteiger partial charge in [0.15, 0.2) is 6.54 Å². The maximum Gasteiger partial charge on any atom is 0.283 e. The third kappa shape index (κ3) is 1.90. The van der Waals surface area contributed by atoms with Crippen molar-refractivity contribution < 1.29 is 9.86 Å². The van der Waals surface area contributed by atoms with E-state index in [1.165, 1.54) is 4.90 Å². The zero-order chi connectivity index (χ0) is 14.3. The first-order valence-electron chi connectivity index (χ1n) is 6.45. The summed E-state index contributed by atoms with van der Waals surface area (Å²) < 4.78 is 1.64. The highest BCUT2D eigenvalue weighted by Gasteiger charge is 2.34. The molecule has 2 unspecified atom stereocenters. The second-order valence-electron chi connectivity index (χ2n) is 4.99. The zero-order valence-corrected chi connectivity index (χ0v) is 11.4. The molecule has 1 amide bonds. The van der Waals surface area contributed by atoms with Crippen LogP contribution in [0.15, 0.2) is 36.5 Å². The third-order valence-electron chi connectivity index (χ3n) is 3.72. The minimum Gasteiger partial charge on any atom is -0.633 e. The second-order valence-corrected chi connectivity index (χ2v) is 4.99. The van der Waals surface area contributed by atoms with Gasteiger partial charge in [0.2, 0.25) is 0 Å². The predicted octanol–water partition coefficient (Wildman–Crippen LogP) is -0.131. The van der Waals surface area contributed by atoms with E-state index in [0.717, 1.165) is 11.1 Å². The Morgan fingerprint density at radius 1 is 1.30 bits per heavy atom. The fourth-order valence-corrected chi connectivity index (χ4v) is 2.73. The zero-order valence-electron chi connectivity index (χ0n) is 11.4. The number of benzene rings is 1. The van der Waals surface area contributed by atoms with E-state index in [1.54, 1.807) is 25.0 Å². The normalized spacial score (nSPS) is 22.6. The number of hydroxylamine groups is 2. The Morgan fingerprint density at radius 2 is 2.00 bits per heavy atom. The van der Waals surface area contributed by atoms with Crippen LogP contribution in [-0.4, -0.2) is 29.3 Å². The standard InChI is InChI=1S/C14H16N4O2/c1-16-12(19)9-18(20)13(10-6-4-3-5-7-10)11-8-15-17(2)14(11)16/h3-8,13,18H,9H2,1-2H3. The van der Waals surface area contributed by atoms with Gasteiger partial charge in [0.05, 0.1) is 11.8 Å². The minimum absolute atomic E-state index is 0.0786. The molecule has 0 spiro atoms. The lowest BCUT2D eigenvalue weighted by atomic mass is 10.0. The molecule has 0 fully saturated rings. The Kier molecular flexibility index (Phi) is 3.04. The van der Waals surface area contributed by atoms with Gasteiger partial charge in [-0.25, -0.2) is 0 Å². The lowest BCUT2D eigenvalue weighted by Gasteiger charge is -2.28. The molecule has 1 N–H and O–H groups in total. The van der Waals surface area contributed by atoms with E-state index in [0.29, 0.717) is 5.82 Å². The van der Waals surface area contributed by atoms with Crippen molar-refractivity contribution in [3.63, 3.8) is 0 Å². The van der Waals surface area contributed by atoms with Crippen LogP contribution in [0.25, 0.3) is 0 Å². The monoisotopic (exact) mass is 272 g/mol. The van der Waals surface area contributed by atoms with Gasteiger partial charge in [-0.3, -0.25) is 14.4 Å². The number of amides is 1. The van der Waals surface area contributed by atoms with Crippen molar-refractivity contribution in [1.82, 2.24) is 9.78 Å². The summed E-state index contributed by atoms with van der Waals surface area (Å²) in [5.41, 5.74) is 1.69. The molecule has 0 saturated carbocycles. The molecule has 3 rings (SSSR count). The van der Waals surface area contributed by atoms with Crippen LogP contribution >= 0.6 is 0 Å². The lowest BCUT2D eigenvalue weighted by Crippen LogP contribution is -3.08. The van der Waals surface area contributed by atoms with Crippen LogP contribution in [0.3, 0.4) is 0 Å². The number of hydrogen-bond acceptors (Lipinski definition) is 3. The van der Waals surface area contributed by atoms with Gasteiger partial charge in [0.25, 0.3) is 5.91 Å². The van der Waals surface area contributed by atoms with Crippen LogP contribution in [0.4, 0.5) is 5.82 Å². The number of fused-ring (bicyclic) bond motifs is 1. The van der Waals surface area contributed by atoms with Crippen LogP contribution in [-0.2, 0) is 11.8 Å². The van der Waals surface area contributed by atoms with Crippen LogP contribution in [0.5, 0.6) is 0 Å². The van der Waals surface area contributed by atoms with Crippen molar-refractivity contribution in [2.75, 3.05) is 18.5 Å². The van der Waals surface area contributed by atoms with Gasteiger partial charge in [0, 0.05) is 19.7 Å². The van der Waals surface area contributed by atoms with E-state index in [9.17, 15) is 10.0 Å². The molecule has 0 radical (unpaired) electrons. The Balaban J connectivity index is 2.18. The molecule has 1 aliphatic heterocycles. The molecular formula is C14H16N4O2. The van der Waals surface area contributed by atoms with E-state index >= 15 is 0 Å². The average molecular weight is 272 g/mol. The Bertz CT molecular complexity index is 638. The number of hydrogen-bond donors (Lipinski definition) is 1. The first-order valence-corrected chi connectivity index (χ1v) is 6.45. The SMILES string of the molecule is CN1C(=O)C[NH+]([O-])C(c2ccccc2)c2cnn(C)c21. The molecule has 104 valence electrons. The molecule has 0 aliphatic carbocycles. The number of nitrogens with zero attached hydrogens (tertiary/aromatic N) is 3. The molecular weight excluding hydrogens is 256 g/mol. The van der Waals surface area contributed by atoms with Crippen molar-refractivity contribution >= 4 is 11.7 Å². The number of likely N-dealkylation sites (N-methyl/N-ethyl adjacent to an activating group) is 1. The van der Waals surface area contributed by atoms with E-state index < -0.39 is 6.04 Å². The second kappa shape index (κ2) is 4.73. The van der Waals surface area contributed by atoms with Gasteiger partial charge >= 0.3 is 0 Å². The van der Waals surface area contributed by atoms with Crippen LogP contribution in [0.1, 0.15) is 17.2 Å². The molecule has 2 heterocycles. The Morgan fingerprint density at radius 3 is 2.70 bits per heavy atom. The van der Waals surface area contributed by atoms with E-state index in [-0.39, 0.29) is 17.5 Å². The molecule has 2 aromatic rings. The number of anilines is 1. The molecule has 6 nitrogen and oxygen atoms in total. The quantitative estimate of drug-likeness (QED) is 0.735. The molecule has 20 heavy (non-hydrogen) atoms. The van der Waals surface area contributed by atoms with Gasteiger partial charge in [-0.05, 0) is 0 Å². The summed E-state index contributed by atoms with van der Waals surface area (Å²) in [6.07, 6.45) is 1.68. The van der Waals surface area contributed by atoms with Gasteiger partial charge in [0.1, 0.15) is 11.9 Å². The summed E-state index contributed by atoms with van der Waals surface area (Å²) >= 11 is 0. The largest absolute Gasteiger partial charge is 0.633 e. The summed E-state index contributed by atoms with van der Waals surface area (Å²) in [5, 5.41) is 16.6. The number of aromatic nitrogens is 2. The number of rotatable bonds is 1. The van der Waals surface area contributed by atoms with E-state index in [2.05, 4.69) is 5.10 Å². The summed E-state index contributed by atoms with van der Waals surface area (Å²) in [6.45, 7) is -0.0786. The summed E-state index contributed by atoms with van der Waals surface area (Å²) in [6, 6.07) is 9.11. The maximum atomic E-state index is 12.5. The highest BCUT2D eigenvalue weighted by molar-refractivity contribution is 5.94. The Hall–Kier alpha value is -2.18. The smallest absolute Gasteiger partial charge is 0.283 e. The molecule has 1 aliphatic rings. The molecule has 0 bridgehead atoms. The van der Waals surface area contributed by atoms with Crippen molar-refractivity contribution in [3.8, 4) is 0 Å². The van der Waals surface area contributed by atoms with E-state index in [4.69, 9.17) is 0 Å². The summed E-state index contributed by atoms with van der Waals surface area (Å²) in [5.74, 6) is 0.494. The topological polar surface area (TPSA) is 65.6 Å². The predicted molar refractivity (Wildman–Crippen MR) is 74.1 cm³/mol. The highest BCUT2D eigenvalue weighted by atomic mass is 16.5. The first-order chi connectivity index (χ1) is 9.59. The lowest BCUT2D eigenvalue weighted by molar-refractivity contribution is -0.866. The van der Waals surface area contributed by atoms with Gasteiger partial charge in [-0.2, -0.15) is 5.10 Å². The summed E-state index contributed by atoms with van der Waals surface area (Å²) in [4.78, 5) is 13.6. The highest BCUT2D eigenvalue weighted by Crippen LogP contribution is 2.29. The van der Waals surface area contributed by atoms with Crippen molar-refractivity contribution in [2.45, 2.75) is 6.04 Å². The van der Waals surface area contributed by atoms with Crippen LogP contribution < -0.4 is 9.96 Å². The first kappa shape index (κ1) is 12.8. The fraction of sp³-hybridized carbons (Fsp3) is 0.286. The minimum atomic E-state index is -0.422. The van der Waals surface area contributed by atoms with Crippen LogP contribution in [0.2, 0.25) is 0 Å². The third-order valence-corrected chi connectivity index (χ3v) is 3.72. The van der Waals surface area contributed by atoms with Crippen molar-refractivity contribution in [2.24, 2.45) is 7.05 Å². The number of nitrogens with one attached hydrogen (secondary N) is 1. The van der Waals surface area contributed by atoms with E-state index in [1.807, 2.05) is 30.3 Å². The van der Waals surface area contributed by atoms with Crippen molar-refractivity contribution in [3.05, 3.63) is 52.9 Å². The number of carbonyl (C=O) groups excluding carboxylic acids is 1. The molecule has 0 saturated heterocycles. The maximum absolute atomic E-state index is 12.5. The Labute approximate surface area is 116 Å². The number of aryl methyl sites for hydroxylation is 1. The number of carbonyl (C=O) groups is 1. The molecule has 1 aromatic heterocycles. The molecule has 6 heteroatoms. The van der Waals surface area contributed by atoms with Gasteiger partial charge in [-0.1, -0.05) is 30.3 Å². The molecule has 1 aromatic carbocycles. The van der Waals surface area contributed by atoms with Gasteiger partial charge in [-0.15, -0.1) is 0 Å². The number of quaternary nitrogens is 1. The summed E-state index contributed by atoms with van der Waals surface area (Å²) in [7, 11) is 3.46. The fourth-order valence-electron chi connectivity index (χ4n) is 2.73. The van der Waals surface area contributed by atoms with Crippen LogP contribution in [0, 0.1) is 5.21 Å². The molecule has 2 atom stereocenters. The van der Waals surface area contributed by atoms with Crippen molar-refractivity contribution in [1.29, 1.82) is 0 Å².